The van der Waals surface area contributed by atoms with E-state index in [1.165, 1.54) is 0 Å². The number of nitrogens with zero attached hydrogens (tertiary/aromatic N) is 1. The lowest BCUT2D eigenvalue weighted by Gasteiger charge is -2.25. The number of hydrogen-bond acceptors (Lipinski definition) is 5. The van der Waals surface area contributed by atoms with E-state index in [2.05, 4.69) is 10.2 Å². The van der Waals surface area contributed by atoms with Crippen LogP contribution in [0.2, 0.25) is 0 Å². The van der Waals surface area contributed by atoms with Crippen molar-refractivity contribution in [1.82, 2.24) is 10.2 Å². The second-order valence-corrected chi connectivity index (χ2v) is 7.08. The summed E-state index contributed by atoms with van der Waals surface area (Å²) in [5, 5.41) is 3.11. The maximum atomic E-state index is 12.4. The number of carbonyl (C=O) groups excluding carboxylic acids is 1. The van der Waals surface area contributed by atoms with Gasteiger partial charge in [0.05, 0.1) is 19.8 Å². The summed E-state index contributed by atoms with van der Waals surface area (Å²) in [6, 6.07) is 6.06. The van der Waals surface area contributed by atoms with Gasteiger partial charge in [0.15, 0.2) is 0 Å². The third-order valence-corrected chi connectivity index (χ3v) is 4.71. The van der Waals surface area contributed by atoms with E-state index in [0.29, 0.717) is 6.42 Å². The van der Waals surface area contributed by atoms with Gasteiger partial charge >= 0.3 is 0 Å². The molecule has 0 aromatic heterocycles. The number of hydrogen-bond donors (Lipinski definition) is 2. The van der Waals surface area contributed by atoms with Gasteiger partial charge in [-0.3, -0.25) is 9.69 Å². The Bertz CT molecular complexity index is 567. The molecule has 3 N–H and O–H groups in total. The third kappa shape index (κ3) is 5.34. The van der Waals surface area contributed by atoms with Gasteiger partial charge in [0.1, 0.15) is 11.5 Å². The van der Waals surface area contributed by atoms with Gasteiger partial charge in [-0.2, -0.15) is 0 Å². The molecule has 0 saturated carbocycles. The molecule has 0 spiro atoms. The minimum absolute atomic E-state index is 0.0516. The van der Waals surface area contributed by atoms with Crippen LogP contribution in [0.4, 0.5) is 0 Å². The number of amides is 1. The number of ether oxygens (including phenoxy) is 2. The van der Waals surface area contributed by atoms with Gasteiger partial charge in [0, 0.05) is 31.7 Å². The topological polar surface area (TPSA) is 76.8 Å². The molecule has 1 saturated heterocycles. The van der Waals surface area contributed by atoms with Crippen molar-refractivity contribution in [3.05, 3.63) is 23.8 Å². The molecule has 1 aromatic rings. The molecule has 0 radical (unpaired) electrons. The van der Waals surface area contributed by atoms with E-state index in [-0.39, 0.29) is 11.9 Å². The van der Waals surface area contributed by atoms with Crippen LogP contribution in [0.15, 0.2) is 18.2 Å². The normalized spacial score (nSPS) is 20.1. The van der Waals surface area contributed by atoms with Crippen molar-refractivity contribution in [3.8, 4) is 11.5 Å². The maximum Gasteiger partial charge on any atom is 0.240 e. The summed E-state index contributed by atoms with van der Waals surface area (Å²) in [5.41, 5.74) is 6.47. The van der Waals surface area contributed by atoms with Crippen molar-refractivity contribution in [3.63, 3.8) is 0 Å². The molecular weight excluding hydrogens is 318 g/mol. The first-order valence-electron chi connectivity index (χ1n) is 8.92. The molecule has 140 valence electrons. The van der Waals surface area contributed by atoms with Crippen LogP contribution in [0.1, 0.15) is 38.7 Å². The number of likely N-dealkylation sites (tertiary alicyclic amines) is 1. The van der Waals surface area contributed by atoms with Gasteiger partial charge in [-0.25, -0.2) is 0 Å². The second-order valence-electron chi connectivity index (χ2n) is 7.08. The van der Waals surface area contributed by atoms with Crippen molar-refractivity contribution >= 4 is 5.91 Å². The third-order valence-electron chi connectivity index (χ3n) is 4.71. The van der Waals surface area contributed by atoms with Crippen LogP contribution in [-0.2, 0) is 11.3 Å². The molecule has 2 unspecified atom stereocenters. The summed E-state index contributed by atoms with van der Waals surface area (Å²) in [6.45, 7) is 6.42. The van der Waals surface area contributed by atoms with E-state index < -0.39 is 5.54 Å². The van der Waals surface area contributed by atoms with Crippen LogP contribution in [0.25, 0.3) is 0 Å². The maximum absolute atomic E-state index is 12.4. The minimum Gasteiger partial charge on any atom is -0.497 e. The average Bonchev–Trinajstić information content (AvgIpc) is 3.01. The lowest BCUT2D eigenvalue weighted by Crippen LogP contribution is -2.54. The van der Waals surface area contributed by atoms with Crippen LogP contribution < -0.4 is 20.5 Å². The molecule has 0 aliphatic carbocycles. The number of rotatable bonds is 8. The standard InChI is InChI=1S/C19H31N3O3/c1-5-7-19(2,20)18(23)21-15-6-8-22(13-15)12-14-9-16(24-3)11-17(10-14)25-4/h9-11,15H,5-8,12-13,20H2,1-4H3,(H,21,23). The Labute approximate surface area is 150 Å². The van der Waals surface area contributed by atoms with Crippen LogP contribution in [-0.4, -0.2) is 49.7 Å². The van der Waals surface area contributed by atoms with Gasteiger partial charge in [-0.05, 0) is 37.5 Å². The van der Waals surface area contributed by atoms with E-state index in [9.17, 15) is 4.79 Å². The summed E-state index contributed by atoms with van der Waals surface area (Å²) in [5.74, 6) is 1.53. The van der Waals surface area contributed by atoms with Crippen LogP contribution >= 0.6 is 0 Å². The van der Waals surface area contributed by atoms with Crippen LogP contribution in [0, 0.1) is 0 Å². The summed E-state index contributed by atoms with van der Waals surface area (Å²) in [6.07, 6.45) is 2.53. The molecule has 1 aliphatic heterocycles. The van der Waals surface area contributed by atoms with Crippen LogP contribution in [0.5, 0.6) is 11.5 Å². The highest BCUT2D eigenvalue weighted by Gasteiger charge is 2.31. The largest absolute Gasteiger partial charge is 0.497 e. The van der Waals surface area contributed by atoms with Crippen molar-refractivity contribution in [2.75, 3.05) is 27.3 Å². The summed E-state index contributed by atoms with van der Waals surface area (Å²) >= 11 is 0. The van der Waals surface area contributed by atoms with E-state index in [4.69, 9.17) is 15.2 Å². The van der Waals surface area contributed by atoms with Gasteiger partial charge in [-0.15, -0.1) is 0 Å². The summed E-state index contributed by atoms with van der Waals surface area (Å²) in [7, 11) is 3.31. The highest BCUT2D eigenvalue weighted by Crippen LogP contribution is 2.24. The number of carbonyl (C=O) groups is 1. The zero-order chi connectivity index (χ0) is 18.4. The molecule has 6 nitrogen and oxygen atoms in total. The van der Waals surface area contributed by atoms with Crippen LogP contribution in [0.3, 0.4) is 0 Å². The molecule has 25 heavy (non-hydrogen) atoms. The van der Waals surface area contributed by atoms with E-state index >= 15 is 0 Å². The smallest absolute Gasteiger partial charge is 0.240 e. The Balaban J connectivity index is 1.92. The van der Waals surface area contributed by atoms with E-state index in [1.807, 2.05) is 25.1 Å². The highest BCUT2D eigenvalue weighted by atomic mass is 16.5. The monoisotopic (exact) mass is 349 g/mol. The molecule has 1 heterocycles. The Morgan fingerprint density at radius 2 is 1.96 bits per heavy atom. The van der Waals surface area contributed by atoms with Gasteiger partial charge in [-0.1, -0.05) is 13.3 Å². The molecule has 2 rings (SSSR count). The fourth-order valence-corrected chi connectivity index (χ4v) is 3.29. The number of benzene rings is 1. The SMILES string of the molecule is CCCC(C)(N)C(=O)NC1CCN(Cc2cc(OC)cc(OC)c2)C1. The fraction of sp³-hybridized carbons (Fsp3) is 0.632. The molecular formula is C19H31N3O3. The predicted molar refractivity (Wildman–Crippen MR) is 98.9 cm³/mol. The van der Waals surface area contributed by atoms with Gasteiger partial charge in [0.25, 0.3) is 0 Å². The fourth-order valence-electron chi connectivity index (χ4n) is 3.29. The number of nitrogens with two attached hydrogens (primary N) is 1. The lowest BCUT2D eigenvalue weighted by molar-refractivity contribution is -0.126. The highest BCUT2D eigenvalue weighted by molar-refractivity contribution is 5.85. The van der Waals surface area contributed by atoms with Crippen molar-refractivity contribution < 1.29 is 14.3 Å². The predicted octanol–water partition coefficient (Wildman–Crippen LogP) is 1.91. The number of methoxy groups -OCH3 is 2. The van der Waals surface area contributed by atoms with Crippen molar-refractivity contribution in [2.45, 2.75) is 51.2 Å². The number of nitrogens with one attached hydrogen (secondary N) is 1. The first kappa shape index (κ1) is 19.5. The lowest BCUT2D eigenvalue weighted by atomic mass is 9.96. The summed E-state index contributed by atoms with van der Waals surface area (Å²) < 4.78 is 10.7. The first-order valence-corrected chi connectivity index (χ1v) is 8.92. The minimum atomic E-state index is -0.789. The molecule has 6 heteroatoms. The Kier molecular flexibility index (Phi) is 6.67. The quantitative estimate of drug-likeness (QED) is 0.750. The van der Waals surface area contributed by atoms with E-state index in [1.54, 1.807) is 21.1 Å². The molecule has 0 bridgehead atoms. The first-order chi connectivity index (χ1) is 11.9. The molecule has 1 fully saturated rings. The zero-order valence-corrected chi connectivity index (χ0v) is 15.8. The van der Waals surface area contributed by atoms with Gasteiger partial charge in [0.2, 0.25) is 5.91 Å². The second kappa shape index (κ2) is 8.54. The average molecular weight is 349 g/mol. The van der Waals surface area contributed by atoms with Gasteiger partial charge < -0.3 is 20.5 Å². The molecule has 2 atom stereocenters. The Morgan fingerprint density at radius 1 is 1.32 bits per heavy atom. The van der Waals surface area contributed by atoms with Crippen molar-refractivity contribution in [1.29, 1.82) is 0 Å². The van der Waals surface area contributed by atoms with Crippen molar-refractivity contribution in [2.24, 2.45) is 5.73 Å². The molecule has 1 aliphatic rings. The molecule has 1 amide bonds. The zero-order valence-electron chi connectivity index (χ0n) is 15.8. The molecule has 1 aromatic carbocycles. The Hall–Kier alpha value is -1.79. The Morgan fingerprint density at radius 3 is 2.52 bits per heavy atom. The summed E-state index contributed by atoms with van der Waals surface area (Å²) in [4.78, 5) is 14.7. The van der Waals surface area contributed by atoms with E-state index in [0.717, 1.165) is 49.5 Å².